The van der Waals surface area contributed by atoms with Crippen LogP contribution in [0, 0.1) is 0 Å². The molecule has 5 unspecified atom stereocenters. The van der Waals surface area contributed by atoms with Crippen LogP contribution in [0.15, 0.2) is 60.8 Å². The zero-order chi connectivity index (χ0) is 47.4. The van der Waals surface area contributed by atoms with Crippen LogP contribution in [0.2, 0.25) is 0 Å². The summed E-state index contributed by atoms with van der Waals surface area (Å²) in [5, 5.41) is 30.0. The molecule has 5 atom stereocenters. The van der Waals surface area contributed by atoms with Gasteiger partial charge in [-0.05, 0) is 57.8 Å². The van der Waals surface area contributed by atoms with Crippen LogP contribution in [-0.4, -0.2) is 95.0 Å². The number of aliphatic hydroxyl groups is 3. The molecule has 0 amide bonds. The molecule has 0 aliphatic heterocycles. The van der Waals surface area contributed by atoms with E-state index in [2.05, 4.69) is 50.2 Å². The summed E-state index contributed by atoms with van der Waals surface area (Å²) in [5.74, 6) is -1.04. The Balaban J connectivity index is 3.91. The van der Waals surface area contributed by atoms with E-state index in [-0.39, 0.29) is 12.8 Å². The third-order valence-corrected chi connectivity index (χ3v) is 11.5. The summed E-state index contributed by atoms with van der Waals surface area (Å²) in [7, 11) is -9.58. The topological polar surface area (TPSA) is 225 Å². The maximum atomic E-state index is 12.2. The number of hydrogen-bond donors (Lipinski definition) is 5. The molecule has 0 aromatic rings. The van der Waals surface area contributed by atoms with Gasteiger partial charge in [0.05, 0.1) is 26.4 Å². The highest BCUT2D eigenvalue weighted by Gasteiger charge is 2.28. The van der Waals surface area contributed by atoms with Gasteiger partial charge in [0.15, 0.2) is 0 Å². The average molecular weight is 951 g/mol. The zero-order valence-corrected chi connectivity index (χ0v) is 40.7. The van der Waals surface area contributed by atoms with E-state index < -0.39 is 85.5 Å². The third-order valence-electron chi connectivity index (χ3n) is 9.55. The van der Waals surface area contributed by atoms with Gasteiger partial charge in [-0.25, -0.2) is 9.13 Å². The lowest BCUT2D eigenvalue weighted by molar-refractivity contribution is -0.148. The monoisotopic (exact) mass is 951 g/mol. The van der Waals surface area contributed by atoms with Gasteiger partial charge in [0.2, 0.25) is 0 Å². The Morgan fingerprint density at radius 1 is 0.422 bits per heavy atom. The highest BCUT2D eigenvalue weighted by Crippen LogP contribution is 2.45. The smallest absolute Gasteiger partial charge is 0.463 e. The first kappa shape index (κ1) is 61.7. The molecule has 0 saturated carbocycles. The molecule has 372 valence electrons. The van der Waals surface area contributed by atoms with Gasteiger partial charge in [-0.3, -0.25) is 27.7 Å². The molecule has 0 radical (unpaired) electrons. The fraction of sp³-hybridized carbons (Fsp3) is 0.745. The van der Waals surface area contributed by atoms with Gasteiger partial charge in [-0.15, -0.1) is 0 Å². The molecule has 0 aliphatic carbocycles. The number of ether oxygens (including phenoxy) is 2. The van der Waals surface area contributed by atoms with Crippen LogP contribution in [0.1, 0.15) is 168 Å². The number of carbonyl (C=O) groups is 2. The highest BCUT2D eigenvalue weighted by molar-refractivity contribution is 7.47. The minimum absolute atomic E-state index is 0.148. The fourth-order valence-corrected chi connectivity index (χ4v) is 7.45. The molecule has 64 heavy (non-hydrogen) atoms. The van der Waals surface area contributed by atoms with Crippen molar-refractivity contribution in [2.45, 2.75) is 186 Å². The molecule has 0 rings (SSSR count). The Labute approximate surface area is 384 Å². The molecule has 0 heterocycles. The van der Waals surface area contributed by atoms with E-state index in [1.54, 1.807) is 0 Å². The lowest BCUT2D eigenvalue weighted by atomic mass is 10.1. The number of esters is 2. The van der Waals surface area contributed by atoms with Crippen molar-refractivity contribution in [3.05, 3.63) is 60.8 Å². The number of phosphoric acid groups is 2. The van der Waals surface area contributed by atoms with Crippen molar-refractivity contribution >= 4 is 27.6 Å². The van der Waals surface area contributed by atoms with E-state index in [0.717, 1.165) is 44.9 Å². The first-order valence-electron chi connectivity index (χ1n) is 23.7. The van der Waals surface area contributed by atoms with Crippen LogP contribution in [0.25, 0.3) is 0 Å². The second-order valence-corrected chi connectivity index (χ2v) is 18.7. The Morgan fingerprint density at radius 2 is 0.734 bits per heavy atom. The van der Waals surface area contributed by atoms with Crippen molar-refractivity contribution < 1.29 is 71.4 Å². The SMILES string of the molecule is CC/C=C/C=C/C=C\C=C/CCCCCC(=O)OCC(O)COP(=O)(O)OCC(O)COP(=O)(O)OCC(O)COC(=O)CCCCCCCCCCC/C=C/CCCCCCCC. The number of aliphatic hydroxyl groups excluding tert-OH is 3. The van der Waals surface area contributed by atoms with E-state index in [0.29, 0.717) is 12.8 Å². The van der Waals surface area contributed by atoms with E-state index in [4.69, 9.17) is 9.47 Å². The van der Waals surface area contributed by atoms with Crippen LogP contribution in [0.5, 0.6) is 0 Å². The van der Waals surface area contributed by atoms with Crippen LogP contribution < -0.4 is 0 Å². The van der Waals surface area contributed by atoms with E-state index >= 15 is 0 Å². The molecule has 5 N–H and O–H groups in total. The summed E-state index contributed by atoms with van der Waals surface area (Å²) in [4.78, 5) is 43.7. The van der Waals surface area contributed by atoms with Crippen LogP contribution in [0.4, 0.5) is 0 Å². The van der Waals surface area contributed by atoms with Crippen LogP contribution in [-0.2, 0) is 46.3 Å². The summed E-state index contributed by atoms with van der Waals surface area (Å²) in [6.07, 6.45) is 40.8. The number of unbranched alkanes of at least 4 members (excludes halogenated alkanes) is 18. The van der Waals surface area contributed by atoms with E-state index in [1.807, 2.05) is 42.5 Å². The van der Waals surface area contributed by atoms with Gasteiger partial charge in [0.25, 0.3) is 0 Å². The van der Waals surface area contributed by atoms with Gasteiger partial charge in [-0.1, -0.05) is 158 Å². The van der Waals surface area contributed by atoms with Gasteiger partial charge in [0.1, 0.15) is 31.5 Å². The van der Waals surface area contributed by atoms with Gasteiger partial charge in [0, 0.05) is 12.8 Å². The van der Waals surface area contributed by atoms with Crippen molar-refractivity contribution in [2.75, 3.05) is 39.6 Å². The summed E-state index contributed by atoms with van der Waals surface area (Å²) in [6, 6.07) is 0. The molecule has 0 spiro atoms. The molecular weight excluding hydrogens is 866 g/mol. The Hall–Kier alpha value is -2.26. The maximum absolute atomic E-state index is 12.2. The molecule has 0 fully saturated rings. The van der Waals surface area contributed by atoms with Crippen LogP contribution >= 0.6 is 15.6 Å². The standard InChI is InChI=1S/C47H84O15P2/c1-3-5-7-9-11-13-15-17-18-19-20-21-22-24-26-28-30-32-34-36-47(52)58-38-44(49)40-60-64(55,56)62-42-45(50)41-61-63(53,54)59-39-43(48)37-57-46(51)35-33-31-29-27-25-23-16-14-12-10-8-6-4-2/h6,8,10,12,14,16-18,23,25,43-45,48-50H,3-5,7,9,11,13,15,19-22,24,26-42H2,1-2H3,(H,53,54)(H,55,56)/b8-6+,12-10+,16-14-,18-17+,25-23-. The molecule has 0 aromatic heterocycles. The van der Waals surface area contributed by atoms with E-state index in [1.165, 1.54) is 83.5 Å². The maximum Gasteiger partial charge on any atom is 0.472 e. The van der Waals surface area contributed by atoms with Gasteiger partial charge >= 0.3 is 27.6 Å². The second kappa shape index (κ2) is 43.3. The summed E-state index contributed by atoms with van der Waals surface area (Å²) in [6.45, 7) is 0.214. The molecule has 17 heteroatoms. The third kappa shape index (κ3) is 44.9. The minimum atomic E-state index is -4.79. The number of allylic oxidation sites excluding steroid dienone is 10. The zero-order valence-electron chi connectivity index (χ0n) is 38.9. The van der Waals surface area contributed by atoms with Gasteiger partial charge in [-0.2, -0.15) is 0 Å². The summed E-state index contributed by atoms with van der Waals surface area (Å²) in [5.41, 5.74) is 0. The predicted molar refractivity (Wildman–Crippen MR) is 251 cm³/mol. The van der Waals surface area contributed by atoms with Crippen molar-refractivity contribution in [3.8, 4) is 0 Å². The van der Waals surface area contributed by atoms with Crippen molar-refractivity contribution in [1.29, 1.82) is 0 Å². The fourth-order valence-electron chi connectivity index (χ4n) is 5.86. The Bertz CT molecular complexity index is 1380. The Morgan fingerprint density at radius 3 is 1.14 bits per heavy atom. The largest absolute Gasteiger partial charge is 0.472 e. The second-order valence-electron chi connectivity index (χ2n) is 15.8. The van der Waals surface area contributed by atoms with Crippen molar-refractivity contribution in [2.24, 2.45) is 0 Å². The molecular formula is C47H84O15P2. The predicted octanol–water partition coefficient (Wildman–Crippen LogP) is 10.6. The van der Waals surface area contributed by atoms with Gasteiger partial charge < -0.3 is 34.6 Å². The van der Waals surface area contributed by atoms with E-state index in [9.17, 15) is 43.8 Å². The molecule has 0 saturated heterocycles. The highest BCUT2D eigenvalue weighted by atomic mass is 31.2. The van der Waals surface area contributed by atoms with Crippen molar-refractivity contribution in [1.82, 2.24) is 0 Å². The first-order valence-corrected chi connectivity index (χ1v) is 26.7. The molecule has 0 aliphatic rings. The molecule has 15 nitrogen and oxygen atoms in total. The number of phosphoric ester groups is 2. The van der Waals surface area contributed by atoms with Crippen LogP contribution in [0.3, 0.4) is 0 Å². The average Bonchev–Trinajstić information content (AvgIpc) is 3.27. The normalized spacial score (nSPS) is 15.7. The summed E-state index contributed by atoms with van der Waals surface area (Å²) < 4.78 is 52.9. The first-order chi connectivity index (χ1) is 30.8. The number of rotatable bonds is 45. The lowest BCUT2D eigenvalue weighted by Gasteiger charge is -2.19. The number of hydrogen-bond acceptors (Lipinski definition) is 13. The quantitative estimate of drug-likeness (QED) is 0.0126. The Kier molecular flexibility index (Phi) is 41.8. The lowest BCUT2D eigenvalue weighted by Crippen LogP contribution is -2.25. The molecule has 0 aromatic carbocycles. The van der Waals surface area contributed by atoms with Crippen molar-refractivity contribution in [3.63, 3.8) is 0 Å². The number of carbonyl (C=O) groups excluding carboxylic acids is 2. The molecule has 0 bridgehead atoms. The minimum Gasteiger partial charge on any atom is -0.463 e. The summed E-state index contributed by atoms with van der Waals surface area (Å²) >= 11 is 0.